The van der Waals surface area contributed by atoms with E-state index in [1.165, 1.54) is 0 Å². The Hall–Kier alpha value is -1.00. The lowest BCUT2D eigenvalue weighted by Gasteiger charge is -2.22. The van der Waals surface area contributed by atoms with Gasteiger partial charge in [-0.15, -0.1) is 0 Å². The van der Waals surface area contributed by atoms with Gasteiger partial charge in [-0.2, -0.15) is 0 Å². The lowest BCUT2D eigenvalue weighted by molar-refractivity contribution is 0.119. The second-order valence-corrected chi connectivity index (χ2v) is 5.25. The zero-order chi connectivity index (χ0) is 12.0. The van der Waals surface area contributed by atoms with Crippen LogP contribution in [0.3, 0.4) is 0 Å². The van der Waals surface area contributed by atoms with Gasteiger partial charge in [0.1, 0.15) is 0 Å². The van der Waals surface area contributed by atoms with E-state index in [2.05, 4.69) is 36.1 Å². The van der Waals surface area contributed by atoms with Crippen LogP contribution in [0.5, 0.6) is 0 Å². The summed E-state index contributed by atoms with van der Waals surface area (Å²) in [5, 5.41) is 12.9. The van der Waals surface area contributed by atoms with Crippen molar-refractivity contribution in [2.45, 2.75) is 39.8 Å². The molecule has 90 valence electrons. The summed E-state index contributed by atoms with van der Waals surface area (Å²) in [5.41, 5.74) is 1.05. The summed E-state index contributed by atoms with van der Waals surface area (Å²) in [5.74, 6) is 0. The molecule has 0 aromatic carbocycles. The van der Waals surface area contributed by atoms with Crippen molar-refractivity contribution in [3.8, 4) is 0 Å². The Morgan fingerprint density at radius 3 is 2.69 bits per heavy atom. The number of rotatable bonds is 5. The Bertz CT molecular complexity index is 295. The van der Waals surface area contributed by atoms with E-state index in [0.717, 1.165) is 12.1 Å². The summed E-state index contributed by atoms with van der Waals surface area (Å²) in [6, 6.07) is 0. The third-order valence-corrected chi connectivity index (χ3v) is 2.15. The molecule has 0 spiro atoms. The molecule has 0 amide bonds. The van der Waals surface area contributed by atoms with E-state index in [1.807, 2.05) is 0 Å². The molecule has 0 fully saturated rings. The van der Waals surface area contributed by atoms with Gasteiger partial charge in [0.2, 0.25) is 0 Å². The Labute approximate surface area is 97.1 Å². The van der Waals surface area contributed by atoms with Crippen LogP contribution >= 0.6 is 0 Å². The second-order valence-electron chi connectivity index (χ2n) is 5.25. The van der Waals surface area contributed by atoms with Crippen LogP contribution in [-0.2, 0) is 6.54 Å². The van der Waals surface area contributed by atoms with Crippen molar-refractivity contribution in [3.63, 3.8) is 0 Å². The van der Waals surface area contributed by atoms with Crippen molar-refractivity contribution in [2.75, 3.05) is 6.54 Å². The molecule has 0 saturated heterocycles. The molecular formula is C12H21N3O. The molecule has 0 aliphatic heterocycles. The Morgan fingerprint density at radius 2 is 2.12 bits per heavy atom. The second kappa shape index (κ2) is 5.92. The predicted molar refractivity (Wildman–Crippen MR) is 63.8 cm³/mol. The van der Waals surface area contributed by atoms with E-state index in [-0.39, 0.29) is 11.5 Å². The maximum absolute atomic E-state index is 9.76. The van der Waals surface area contributed by atoms with E-state index >= 15 is 0 Å². The first-order valence-electron chi connectivity index (χ1n) is 5.61. The largest absolute Gasteiger partial charge is 0.392 e. The van der Waals surface area contributed by atoms with Crippen molar-refractivity contribution < 1.29 is 5.11 Å². The molecule has 0 aliphatic carbocycles. The van der Waals surface area contributed by atoms with Gasteiger partial charge >= 0.3 is 0 Å². The zero-order valence-electron chi connectivity index (χ0n) is 10.3. The molecule has 1 heterocycles. The number of aromatic nitrogens is 2. The van der Waals surface area contributed by atoms with Gasteiger partial charge in [0.25, 0.3) is 0 Å². The number of aliphatic hydroxyl groups excluding tert-OH is 1. The molecule has 1 aromatic rings. The summed E-state index contributed by atoms with van der Waals surface area (Å²) < 4.78 is 0. The van der Waals surface area contributed by atoms with Crippen LogP contribution in [-0.4, -0.2) is 27.7 Å². The third-order valence-electron chi connectivity index (χ3n) is 2.15. The molecule has 16 heavy (non-hydrogen) atoms. The summed E-state index contributed by atoms with van der Waals surface area (Å²) >= 11 is 0. The number of hydrogen-bond donors (Lipinski definition) is 2. The first-order valence-corrected chi connectivity index (χ1v) is 5.61. The molecule has 0 radical (unpaired) electrons. The van der Waals surface area contributed by atoms with Gasteiger partial charge in [-0.1, -0.05) is 20.8 Å². The third kappa shape index (κ3) is 5.78. The van der Waals surface area contributed by atoms with Crippen LogP contribution in [0.2, 0.25) is 0 Å². The first kappa shape index (κ1) is 13.1. The fourth-order valence-corrected chi connectivity index (χ4v) is 1.57. The minimum Gasteiger partial charge on any atom is -0.392 e. The van der Waals surface area contributed by atoms with Gasteiger partial charge in [0.15, 0.2) is 0 Å². The summed E-state index contributed by atoms with van der Waals surface area (Å²) in [4.78, 5) is 8.12. The van der Waals surface area contributed by atoms with Crippen molar-refractivity contribution >= 4 is 0 Å². The number of aliphatic hydroxyl groups is 1. The van der Waals surface area contributed by atoms with E-state index in [0.29, 0.717) is 13.1 Å². The van der Waals surface area contributed by atoms with Gasteiger partial charge in [-0.3, -0.25) is 9.97 Å². The van der Waals surface area contributed by atoms with Crippen LogP contribution in [0, 0.1) is 5.41 Å². The Balaban J connectivity index is 2.21. The molecule has 1 unspecified atom stereocenters. The normalized spacial score (nSPS) is 13.8. The zero-order valence-corrected chi connectivity index (χ0v) is 10.3. The van der Waals surface area contributed by atoms with Crippen molar-refractivity contribution in [1.29, 1.82) is 0 Å². The minimum absolute atomic E-state index is 0.160. The van der Waals surface area contributed by atoms with Gasteiger partial charge in [-0.25, -0.2) is 0 Å². The van der Waals surface area contributed by atoms with Crippen molar-refractivity contribution in [3.05, 3.63) is 24.3 Å². The molecule has 1 rings (SSSR count). The van der Waals surface area contributed by atoms with Crippen LogP contribution < -0.4 is 5.32 Å². The maximum atomic E-state index is 9.76. The standard InChI is InChI=1S/C12H21N3O/c1-12(2,3)6-11(16)9-14-8-10-7-13-4-5-15-10/h4-5,7,11,14,16H,6,8-9H2,1-3H3. The highest BCUT2D eigenvalue weighted by atomic mass is 16.3. The topological polar surface area (TPSA) is 58.0 Å². The molecule has 4 nitrogen and oxygen atoms in total. The van der Waals surface area contributed by atoms with Crippen LogP contribution in [0.1, 0.15) is 32.9 Å². The number of hydrogen-bond acceptors (Lipinski definition) is 4. The van der Waals surface area contributed by atoms with Crippen LogP contribution in [0.4, 0.5) is 0 Å². The maximum Gasteiger partial charge on any atom is 0.0724 e. The van der Waals surface area contributed by atoms with Gasteiger partial charge < -0.3 is 10.4 Å². The number of nitrogens with zero attached hydrogens (tertiary/aromatic N) is 2. The van der Waals surface area contributed by atoms with Crippen molar-refractivity contribution in [1.82, 2.24) is 15.3 Å². The van der Waals surface area contributed by atoms with Gasteiger partial charge in [0, 0.05) is 31.7 Å². The van der Waals surface area contributed by atoms with E-state index < -0.39 is 0 Å². The summed E-state index contributed by atoms with van der Waals surface area (Å²) in [6.45, 7) is 7.61. The predicted octanol–water partition coefficient (Wildman–Crippen LogP) is 1.36. The molecule has 0 saturated carbocycles. The average molecular weight is 223 g/mol. The minimum atomic E-state index is -0.309. The van der Waals surface area contributed by atoms with Gasteiger partial charge in [0.05, 0.1) is 11.8 Å². The highest BCUT2D eigenvalue weighted by molar-refractivity contribution is 4.93. The van der Waals surface area contributed by atoms with E-state index in [9.17, 15) is 5.11 Å². The van der Waals surface area contributed by atoms with E-state index in [1.54, 1.807) is 18.6 Å². The average Bonchev–Trinajstić information content (AvgIpc) is 2.16. The molecule has 1 aromatic heterocycles. The summed E-state index contributed by atoms with van der Waals surface area (Å²) in [7, 11) is 0. The monoisotopic (exact) mass is 223 g/mol. The lowest BCUT2D eigenvalue weighted by atomic mass is 9.89. The first-order chi connectivity index (χ1) is 7.47. The lowest BCUT2D eigenvalue weighted by Crippen LogP contribution is -2.30. The fraction of sp³-hybridized carbons (Fsp3) is 0.667. The number of nitrogens with one attached hydrogen (secondary N) is 1. The highest BCUT2D eigenvalue weighted by Gasteiger charge is 2.16. The van der Waals surface area contributed by atoms with Crippen molar-refractivity contribution in [2.24, 2.45) is 5.41 Å². The molecule has 0 bridgehead atoms. The van der Waals surface area contributed by atoms with E-state index in [4.69, 9.17) is 0 Å². The smallest absolute Gasteiger partial charge is 0.0724 e. The molecule has 4 heteroatoms. The van der Waals surface area contributed by atoms with Crippen LogP contribution in [0.15, 0.2) is 18.6 Å². The summed E-state index contributed by atoms with van der Waals surface area (Å²) in [6.07, 6.45) is 5.53. The molecule has 2 N–H and O–H groups in total. The molecule has 0 aliphatic rings. The molecular weight excluding hydrogens is 202 g/mol. The Morgan fingerprint density at radius 1 is 1.38 bits per heavy atom. The fourth-order valence-electron chi connectivity index (χ4n) is 1.57. The SMILES string of the molecule is CC(C)(C)CC(O)CNCc1cnccn1. The molecule has 1 atom stereocenters. The van der Waals surface area contributed by atoms with Crippen LogP contribution in [0.25, 0.3) is 0 Å². The Kier molecular flexibility index (Phi) is 4.83. The highest BCUT2D eigenvalue weighted by Crippen LogP contribution is 2.20. The quantitative estimate of drug-likeness (QED) is 0.791. The van der Waals surface area contributed by atoms with Gasteiger partial charge in [-0.05, 0) is 11.8 Å².